The molecule has 0 saturated heterocycles. The maximum Gasteiger partial charge on any atom is 0.256 e. The first kappa shape index (κ1) is 24.1. The number of anilines is 4. The number of hydrogen-bond donors (Lipinski definition) is 4. The molecule has 0 atom stereocenters. The average molecular weight is 471 g/mol. The SMILES string of the molecule is CNC(=O)c1cnc(Nc2ccc(S(=O)(=O)NCCOC)cc2)nc1Nc1cccc(C)c1. The van der Waals surface area contributed by atoms with E-state index < -0.39 is 10.0 Å². The van der Waals surface area contributed by atoms with Crippen LogP contribution < -0.4 is 20.7 Å². The van der Waals surface area contributed by atoms with E-state index in [1.54, 1.807) is 12.1 Å². The first-order valence-electron chi connectivity index (χ1n) is 10.1. The first-order valence-corrected chi connectivity index (χ1v) is 11.6. The molecule has 0 unspecified atom stereocenters. The molecule has 0 aliphatic carbocycles. The number of benzene rings is 2. The number of hydrogen-bond acceptors (Lipinski definition) is 8. The Bertz CT molecular complexity index is 1220. The fraction of sp³-hybridized carbons (Fsp3) is 0.227. The summed E-state index contributed by atoms with van der Waals surface area (Å²) >= 11 is 0. The second-order valence-electron chi connectivity index (χ2n) is 7.07. The van der Waals surface area contributed by atoms with E-state index in [1.807, 2.05) is 31.2 Å². The monoisotopic (exact) mass is 470 g/mol. The number of aryl methyl sites for hydroxylation is 1. The Morgan fingerprint density at radius 1 is 1.06 bits per heavy atom. The van der Waals surface area contributed by atoms with E-state index in [9.17, 15) is 13.2 Å². The Morgan fingerprint density at radius 3 is 2.48 bits per heavy atom. The van der Waals surface area contributed by atoms with Gasteiger partial charge in [0.25, 0.3) is 5.91 Å². The highest BCUT2D eigenvalue weighted by atomic mass is 32.2. The molecule has 0 aliphatic rings. The number of rotatable bonds is 10. The third-order valence-corrected chi connectivity index (χ3v) is 6.04. The van der Waals surface area contributed by atoms with Crippen molar-refractivity contribution in [1.29, 1.82) is 0 Å². The Balaban J connectivity index is 1.81. The lowest BCUT2D eigenvalue weighted by atomic mass is 10.2. The van der Waals surface area contributed by atoms with Gasteiger partial charge in [-0.05, 0) is 48.9 Å². The lowest BCUT2D eigenvalue weighted by Gasteiger charge is -2.13. The van der Waals surface area contributed by atoms with Gasteiger partial charge in [0, 0.05) is 38.3 Å². The molecule has 1 aromatic heterocycles. The normalized spacial score (nSPS) is 11.1. The Labute approximate surface area is 192 Å². The largest absolute Gasteiger partial charge is 0.383 e. The van der Waals surface area contributed by atoms with Gasteiger partial charge in [-0.2, -0.15) is 4.98 Å². The number of sulfonamides is 1. The van der Waals surface area contributed by atoms with Gasteiger partial charge in [0.2, 0.25) is 16.0 Å². The number of aromatic nitrogens is 2. The van der Waals surface area contributed by atoms with Gasteiger partial charge in [-0.25, -0.2) is 18.1 Å². The van der Waals surface area contributed by atoms with E-state index in [2.05, 4.69) is 30.6 Å². The second-order valence-corrected chi connectivity index (χ2v) is 8.84. The van der Waals surface area contributed by atoms with Crippen LogP contribution in [0, 0.1) is 6.92 Å². The van der Waals surface area contributed by atoms with Crippen LogP contribution in [0.2, 0.25) is 0 Å². The number of ether oxygens (including phenoxy) is 1. The van der Waals surface area contributed by atoms with Gasteiger partial charge in [0.1, 0.15) is 11.4 Å². The van der Waals surface area contributed by atoms with Crippen LogP contribution in [0.5, 0.6) is 0 Å². The van der Waals surface area contributed by atoms with Crippen molar-refractivity contribution in [3.63, 3.8) is 0 Å². The summed E-state index contributed by atoms with van der Waals surface area (Å²) in [5, 5.41) is 8.76. The zero-order valence-corrected chi connectivity index (χ0v) is 19.4. The van der Waals surface area contributed by atoms with Crippen LogP contribution in [0.4, 0.5) is 23.1 Å². The van der Waals surface area contributed by atoms with Gasteiger partial charge in [-0.3, -0.25) is 4.79 Å². The summed E-state index contributed by atoms with van der Waals surface area (Å²) in [5.41, 5.74) is 2.70. The maximum atomic E-state index is 12.3. The van der Waals surface area contributed by atoms with Crippen molar-refractivity contribution in [3.05, 3.63) is 65.9 Å². The lowest BCUT2D eigenvalue weighted by molar-refractivity contribution is 0.0963. The molecular formula is C22H26N6O4S. The van der Waals surface area contributed by atoms with Gasteiger partial charge in [0.15, 0.2) is 0 Å². The van der Waals surface area contributed by atoms with Crippen LogP contribution in [-0.2, 0) is 14.8 Å². The van der Waals surface area contributed by atoms with Gasteiger partial charge in [-0.15, -0.1) is 0 Å². The average Bonchev–Trinajstić information content (AvgIpc) is 2.79. The number of carbonyl (C=O) groups excluding carboxylic acids is 1. The van der Waals surface area contributed by atoms with Gasteiger partial charge < -0.3 is 20.7 Å². The van der Waals surface area contributed by atoms with Gasteiger partial charge in [0.05, 0.1) is 11.5 Å². The molecule has 3 aromatic rings. The molecule has 2 aromatic carbocycles. The van der Waals surface area contributed by atoms with Crippen LogP contribution in [0.1, 0.15) is 15.9 Å². The first-order chi connectivity index (χ1) is 15.8. The van der Waals surface area contributed by atoms with Crippen molar-refractivity contribution in [2.24, 2.45) is 0 Å². The third kappa shape index (κ3) is 6.48. The third-order valence-electron chi connectivity index (χ3n) is 4.56. The number of nitrogens with one attached hydrogen (secondary N) is 4. The molecule has 0 saturated carbocycles. The van der Waals surface area contributed by atoms with E-state index in [0.29, 0.717) is 11.5 Å². The quantitative estimate of drug-likeness (QED) is 0.332. The number of methoxy groups -OCH3 is 1. The molecule has 10 nitrogen and oxygen atoms in total. The predicted octanol–water partition coefficient (Wildman–Crippen LogP) is 2.56. The molecule has 0 spiro atoms. The van der Waals surface area contributed by atoms with E-state index >= 15 is 0 Å². The smallest absolute Gasteiger partial charge is 0.256 e. The molecule has 1 amide bonds. The van der Waals surface area contributed by atoms with Crippen LogP contribution in [0.3, 0.4) is 0 Å². The zero-order chi connectivity index (χ0) is 23.8. The minimum atomic E-state index is -3.63. The van der Waals surface area contributed by atoms with Crippen LogP contribution in [0.25, 0.3) is 0 Å². The molecule has 1 heterocycles. The van der Waals surface area contributed by atoms with Crippen molar-refractivity contribution in [2.75, 3.05) is 37.9 Å². The molecule has 0 bridgehead atoms. The molecule has 0 radical (unpaired) electrons. The Kier molecular flexibility index (Phi) is 7.93. The van der Waals surface area contributed by atoms with Crippen molar-refractivity contribution in [1.82, 2.24) is 20.0 Å². The molecular weight excluding hydrogens is 444 g/mol. The minimum Gasteiger partial charge on any atom is -0.383 e. The summed E-state index contributed by atoms with van der Waals surface area (Å²) in [5.74, 6) is 0.248. The van der Waals surface area contributed by atoms with Gasteiger partial charge in [-0.1, -0.05) is 12.1 Å². The van der Waals surface area contributed by atoms with E-state index in [4.69, 9.17) is 4.74 Å². The fourth-order valence-corrected chi connectivity index (χ4v) is 3.92. The van der Waals surface area contributed by atoms with Crippen molar-refractivity contribution in [3.8, 4) is 0 Å². The molecule has 4 N–H and O–H groups in total. The zero-order valence-electron chi connectivity index (χ0n) is 18.5. The van der Waals surface area contributed by atoms with E-state index in [-0.39, 0.29) is 35.5 Å². The van der Waals surface area contributed by atoms with Crippen LogP contribution in [-0.4, -0.2) is 51.6 Å². The molecule has 0 fully saturated rings. The summed E-state index contributed by atoms with van der Waals surface area (Å²) in [7, 11) is -0.596. The van der Waals surface area contributed by atoms with Crippen LogP contribution in [0.15, 0.2) is 59.6 Å². The summed E-state index contributed by atoms with van der Waals surface area (Å²) in [6.45, 7) is 2.43. The van der Waals surface area contributed by atoms with Crippen LogP contribution >= 0.6 is 0 Å². The summed E-state index contributed by atoms with van der Waals surface area (Å²) < 4.78 is 31.9. The minimum absolute atomic E-state index is 0.127. The topological polar surface area (TPSA) is 134 Å². The van der Waals surface area contributed by atoms with Crippen molar-refractivity contribution < 1.29 is 17.9 Å². The summed E-state index contributed by atoms with van der Waals surface area (Å²) in [4.78, 5) is 21.1. The fourth-order valence-electron chi connectivity index (χ4n) is 2.91. The highest BCUT2D eigenvalue weighted by Gasteiger charge is 2.16. The van der Waals surface area contributed by atoms with Gasteiger partial charge >= 0.3 is 0 Å². The second kappa shape index (κ2) is 10.9. The highest BCUT2D eigenvalue weighted by molar-refractivity contribution is 7.89. The van der Waals surface area contributed by atoms with Crippen molar-refractivity contribution in [2.45, 2.75) is 11.8 Å². The number of amides is 1. The van der Waals surface area contributed by atoms with E-state index in [1.165, 1.54) is 32.5 Å². The molecule has 33 heavy (non-hydrogen) atoms. The predicted molar refractivity (Wildman–Crippen MR) is 127 cm³/mol. The molecule has 0 aliphatic heterocycles. The Morgan fingerprint density at radius 2 is 1.82 bits per heavy atom. The standard InChI is InChI=1S/C22H26N6O4S/c1-15-5-4-6-17(13-15)26-20-19(21(29)23-2)14-24-22(28-20)27-16-7-9-18(10-8-16)33(30,31)25-11-12-32-3/h4-10,13-14,25H,11-12H2,1-3H3,(H,23,29)(H2,24,26,27,28). The molecule has 174 valence electrons. The number of nitrogens with zero attached hydrogens (tertiary/aromatic N) is 2. The van der Waals surface area contributed by atoms with Crippen molar-refractivity contribution >= 4 is 39.1 Å². The number of carbonyl (C=O) groups is 1. The molecule has 11 heteroatoms. The highest BCUT2D eigenvalue weighted by Crippen LogP contribution is 2.23. The summed E-state index contributed by atoms with van der Waals surface area (Å²) in [6, 6.07) is 13.8. The summed E-state index contributed by atoms with van der Waals surface area (Å²) in [6.07, 6.45) is 1.42. The Hall–Kier alpha value is -3.54. The lowest BCUT2D eigenvalue weighted by Crippen LogP contribution is -2.27. The van der Waals surface area contributed by atoms with E-state index in [0.717, 1.165) is 11.3 Å². The molecule has 3 rings (SSSR count). The maximum absolute atomic E-state index is 12.3.